The highest BCUT2D eigenvalue weighted by Gasteiger charge is 2.08. The SMILES string of the molecule is CCCOc1ccc(/C=C/C(=O)Nc2nc(CC(=O)OC)cs2)cc1. The second-order valence-corrected chi connectivity index (χ2v) is 6.00. The van der Waals surface area contributed by atoms with Crippen LogP contribution in [-0.2, 0) is 20.7 Å². The largest absolute Gasteiger partial charge is 0.494 e. The fourth-order valence-corrected chi connectivity index (χ4v) is 2.59. The van der Waals surface area contributed by atoms with E-state index in [1.54, 1.807) is 11.5 Å². The van der Waals surface area contributed by atoms with Crippen molar-refractivity contribution in [2.75, 3.05) is 19.0 Å². The number of nitrogens with one attached hydrogen (secondary N) is 1. The lowest BCUT2D eigenvalue weighted by Crippen LogP contribution is -2.08. The highest BCUT2D eigenvalue weighted by molar-refractivity contribution is 7.14. The molecule has 0 fully saturated rings. The first-order chi connectivity index (χ1) is 12.1. The van der Waals surface area contributed by atoms with Gasteiger partial charge in [0.05, 0.1) is 25.8 Å². The maximum absolute atomic E-state index is 11.9. The number of benzene rings is 1. The standard InChI is InChI=1S/C18H20N2O4S/c1-3-10-24-15-7-4-13(5-8-15)6-9-16(21)20-18-19-14(12-25-18)11-17(22)23-2/h4-9,12H,3,10-11H2,1-2H3,(H,19,20,21)/b9-6+. The predicted molar refractivity (Wildman–Crippen MR) is 97.7 cm³/mol. The van der Waals surface area contributed by atoms with Crippen molar-refractivity contribution in [1.29, 1.82) is 0 Å². The van der Waals surface area contributed by atoms with Crippen LogP contribution in [-0.4, -0.2) is 30.6 Å². The summed E-state index contributed by atoms with van der Waals surface area (Å²) in [5.74, 6) is 0.157. The number of carbonyl (C=O) groups excluding carboxylic acids is 2. The zero-order valence-electron chi connectivity index (χ0n) is 14.2. The molecule has 0 bridgehead atoms. The monoisotopic (exact) mass is 360 g/mol. The molecule has 0 radical (unpaired) electrons. The van der Waals surface area contributed by atoms with E-state index in [0.717, 1.165) is 17.7 Å². The van der Waals surface area contributed by atoms with E-state index < -0.39 is 0 Å². The van der Waals surface area contributed by atoms with Crippen LogP contribution in [0.5, 0.6) is 5.75 Å². The second kappa shape index (κ2) is 9.58. The van der Waals surface area contributed by atoms with Crippen LogP contribution >= 0.6 is 11.3 Å². The Morgan fingerprint density at radius 2 is 2.04 bits per heavy atom. The van der Waals surface area contributed by atoms with Gasteiger partial charge in [0.15, 0.2) is 5.13 Å². The van der Waals surface area contributed by atoms with Gasteiger partial charge in [0.25, 0.3) is 0 Å². The highest BCUT2D eigenvalue weighted by Crippen LogP contribution is 2.17. The number of amides is 1. The van der Waals surface area contributed by atoms with Gasteiger partial charge in [-0.1, -0.05) is 19.1 Å². The molecule has 2 aromatic rings. The number of esters is 1. The maximum Gasteiger partial charge on any atom is 0.311 e. The van der Waals surface area contributed by atoms with E-state index in [1.165, 1.54) is 24.5 Å². The van der Waals surface area contributed by atoms with Gasteiger partial charge in [-0.2, -0.15) is 0 Å². The van der Waals surface area contributed by atoms with E-state index in [9.17, 15) is 9.59 Å². The van der Waals surface area contributed by atoms with Crippen molar-refractivity contribution in [2.24, 2.45) is 0 Å². The molecule has 0 unspecified atom stereocenters. The third kappa shape index (κ3) is 6.39. The molecule has 7 heteroatoms. The molecule has 0 aliphatic heterocycles. The first-order valence-corrected chi connectivity index (χ1v) is 8.72. The summed E-state index contributed by atoms with van der Waals surface area (Å²) in [7, 11) is 1.32. The zero-order valence-corrected chi connectivity index (χ0v) is 15.0. The number of methoxy groups -OCH3 is 1. The minimum atomic E-state index is -0.366. The summed E-state index contributed by atoms with van der Waals surface area (Å²) < 4.78 is 10.1. The number of rotatable bonds is 8. The highest BCUT2D eigenvalue weighted by atomic mass is 32.1. The maximum atomic E-state index is 11.9. The Labute approximate surface area is 150 Å². The molecule has 0 aliphatic rings. The third-order valence-electron chi connectivity index (χ3n) is 3.12. The summed E-state index contributed by atoms with van der Waals surface area (Å²) in [6.07, 6.45) is 4.19. The van der Waals surface area contributed by atoms with Crippen molar-refractivity contribution in [3.8, 4) is 5.75 Å². The summed E-state index contributed by atoms with van der Waals surface area (Å²) in [4.78, 5) is 27.3. The number of carbonyl (C=O) groups is 2. The van der Waals surface area contributed by atoms with Gasteiger partial charge in [-0.15, -0.1) is 11.3 Å². The van der Waals surface area contributed by atoms with E-state index in [2.05, 4.69) is 22.0 Å². The molecule has 0 aliphatic carbocycles. The Hall–Kier alpha value is -2.67. The average Bonchev–Trinajstić information content (AvgIpc) is 3.05. The minimum Gasteiger partial charge on any atom is -0.494 e. The van der Waals surface area contributed by atoms with Crippen LogP contribution in [0.4, 0.5) is 5.13 Å². The molecule has 1 N–H and O–H groups in total. The van der Waals surface area contributed by atoms with Crippen molar-refractivity contribution in [3.63, 3.8) is 0 Å². The fraction of sp³-hybridized carbons (Fsp3) is 0.278. The number of hydrogen-bond donors (Lipinski definition) is 1. The van der Waals surface area contributed by atoms with Crippen LogP contribution in [0.2, 0.25) is 0 Å². The lowest BCUT2D eigenvalue weighted by molar-refractivity contribution is -0.139. The van der Waals surface area contributed by atoms with Gasteiger partial charge < -0.3 is 9.47 Å². The molecular weight excluding hydrogens is 340 g/mol. The Morgan fingerprint density at radius 3 is 2.72 bits per heavy atom. The minimum absolute atomic E-state index is 0.0885. The number of thiazole rings is 1. The summed E-state index contributed by atoms with van der Waals surface area (Å²) in [6, 6.07) is 7.50. The van der Waals surface area contributed by atoms with Crippen molar-refractivity contribution in [2.45, 2.75) is 19.8 Å². The van der Waals surface area contributed by atoms with Gasteiger partial charge in [-0.05, 0) is 30.2 Å². The molecule has 0 spiro atoms. The average molecular weight is 360 g/mol. The molecule has 0 atom stereocenters. The van der Waals surface area contributed by atoms with E-state index in [1.807, 2.05) is 24.3 Å². The summed E-state index contributed by atoms with van der Waals surface area (Å²) in [5.41, 5.74) is 1.46. The summed E-state index contributed by atoms with van der Waals surface area (Å²) in [6.45, 7) is 2.74. The van der Waals surface area contributed by atoms with Crippen molar-refractivity contribution in [1.82, 2.24) is 4.98 Å². The van der Waals surface area contributed by atoms with Crippen LogP contribution < -0.4 is 10.1 Å². The molecule has 6 nitrogen and oxygen atoms in total. The number of anilines is 1. The summed E-state index contributed by atoms with van der Waals surface area (Å²) in [5, 5.41) is 4.82. The Balaban J connectivity index is 1.87. The third-order valence-corrected chi connectivity index (χ3v) is 3.92. The lowest BCUT2D eigenvalue weighted by atomic mass is 10.2. The van der Waals surface area contributed by atoms with Gasteiger partial charge in [-0.25, -0.2) is 4.98 Å². The van der Waals surface area contributed by atoms with Crippen LogP contribution in [0.3, 0.4) is 0 Å². The molecular formula is C18H20N2O4S. The van der Waals surface area contributed by atoms with Crippen LogP contribution in [0.25, 0.3) is 6.08 Å². The molecule has 1 amide bonds. The van der Waals surface area contributed by atoms with Crippen LogP contribution in [0.1, 0.15) is 24.6 Å². The number of nitrogens with zero attached hydrogens (tertiary/aromatic N) is 1. The fourth-order valence-electron chi connectivity index (χ4n) is 1.88. The lowest BCUT2D eigenvalue weighted by Gasteiger charge is -2.03. The predicted octanol–water partition coefficient (Wildman–Crippen LogP) is 3.30. The van der Waals surface area contributed by atoms with Crippen LogP contribution in [0, 0.1) is 0 Å². The molecule has 0 saturated carbocycles. The Kier molecular flexibility index (Phi) is 7.16. The first-order valence-electron chi connectivity index (χ1n) is 7.84. The van der Waals surface area contributed by atoms with Crippen molar-refractivity contribution >= 4 is 34.4 Å². The van der Waals surface area contributed by atoms with Gasteiger partial charge in [-0.3, -0.25) is 14.9 Å². The molecule has 1 heterocycles. The summed E-state index contributed by atoms with van der Waals surface area (Å²) >= 11 is 1.26. The molecule has 0 saturated heterocycles. The first kappa shape index (κ1) is 18.7. The van der Waals surface area contributed by atoms with Gasteiger partial charge in [0.2, 0.25) is 5.91 Å². The second-order valence-electron chi connectivity index (χ2n) is 5.14. The zero-order chi connectivity index (χ0) is 18.1. The molecule has 25 heavy (non-hydrogen) atoms. The Bertz CT molecular complexity index is 738. The molecule has 1 aromatic heterocycles. The van der Waals surface area contributed by atoms with E-state index in [0.29, 0.717) is 17.4 Å². The van der Waals surface area contributed by atoms with Crippen molar-refractivity contribution in [3.05, 3.63) is 47.0 Å². The van der Waals surface area contributed by atoms with E-state index in [-0.39, 0.29) is 18.3 Å². The van der Waals surface area contributed by atoms with Gasteiger partial charge >= 0.3 is 5.97 Å². The smallest absolute Gasteiger partial charge is 0.311 e. The Morgan fingerprint density at radius 1 is 1.28 bits per heavy atom. The van der Waals surface area contributed by atoms with Crippen LogP contribution in [0.15, 0.2) is 35.7 Å². The number of hydrogen-bond acceptors (Lipinski definition) is 6. The normalized spacial score (nSPS) is 10.6. The van der Waals surface area contributed by atoms with E-state index >= 15 is 0 Å². The van der Waals surface area contributed by atoms with Gasteiger partial charge in [0, 0.05) is 11.5 Å². The number of aromatic nitrogens is 1. The molecule has 2 rings (SSSR count). The molecule has 132 valence electrons. The van der Waals surface area contributed by atoms with E-state index in [4.69, 9.17) is 4.74 Å². The van der Waals surface area contributed by atoms with Crippen molar-refractivity contribution < 1.29 is 19.1 Å². The van der Waals surface area contributed by atoms with Gasteiger partial charge in [0.1, 0.15) is 5.75 Å². The molecule has 1 aromatic carbocycles. The topological polar surface area (TPSA) is 77.5 Å². The number of ether oxygens (including phenoxy) is 2. The quantitative estimate of drug-likeness (QED) is 0.577.